The molecule has 0 saturated heterocycles. The summed E-state index contributed by atoms with van der Waals surface area (Å²) in [6.07, 6.45) is -3.51. The Bertz CT molecular complexity index is 62.0. The number of halogens is 2. The van der Waals surface area contributed by atoms with Crippen LogP contribution in [0.25, 0.3) is 0 Å². The molecule has 0 heterocycles. The maximum Gasteiger partial charge on any atom is 0.203 e. The van der Waals surface area contributed by atoms with E-state index in [4.69, 9.17) is 0 Å². The lowest BCUT2D eigenvalue weighted by molar-refractivity contribution is -0.0885. The standard InChI is InChI=1S/C5H10F2O2/c1-8-4(6)3-5(7)9-2/h4-5H,3H2,1-2H3. The van der Waals surface area contributed by atoms with Crippen LogP contribution in [0, 0.1) is 0 Å². The molecule has 2 unspecified atom stereocenters. The molecule has 0 amide bonds. The van der Waals surface area contributed by atoms with Gasteiger partial charge in [0.25, 0.3) is 0 Å². The SMILES string of the molecule is COC(F)CC(F)OC. The van der Waals surface area contributed by atoms with Crippen LogP contribution in [0.2, 0.25) is 0 Å². The molecule has 0 aromatic carbocycles. The molecular weight excluding hydrogens is 130 g/mol. The molecule has 0 radical (unpaired) electrons. The molecule has 0 aliphatic heterocycles. The van der Waals surface area contributed by atoms with E-state index in [0.29, 0.717) is 0 Å². The normalized spacial score (nSPS) is 17.3. The van der Waals surface area contributed by atoms with Crippen molar-refractivity contribution >= 4 is 0 Å². The average Bonchev–Trinajstić information content (AvgIpc) is 1.87. The van der Waals surface area contributed by atoms with Crippen LogP contribution in [0.5, 0.6) is 0 Å². The molecule has 0 bridgehead atoms. The van der Waals surface area contributed by atoms with E-state index in [9.17, 15) is 8.78 Å². The lowest BCUT2D eigenvalue weighted by Crippen LogP contribution is -2.13. The summed E-state index contributed by atoms with van der Waals surface area (Å²) in [5.41, 5.74) is 0. The van der Waals surface area contributed by atoms with Crippen molar-refractivity contribution in [2.75, 3.05) is 14.2 Å². The van der Waals surface area contributed by atoms with Crippen LogP contribution in [-0.2, 0) is 9.47 Å². The fourth-order valence-corrected chi connectivity index (χ4v) is 0.338. The molecule has 0 spiro atoms. The topological polar surface area (TPSA) is 18.5 Å². The average molecular weight is 140 g/mol. The largest absolute Gasteiger partial charge is 0.351 e. The van der Waals surface area contributed by atoms with Gasteiger partial charge in [-0.15, -0.1) is 0 Å². The summed E-state index contributed by atoms with van der Waals surface area (Å²) in [6.45, 7) is 0. The van der Waals surface area contributed by atoms with E-state index in [1.807, 2.05) is 0 Å². The highest BCUT2D eigenvalue weighted by Gasteiger charge is 2.12. The van der Waals surface area contributed by atoms with Gasteiger partial charge >= 0.3 is 0 Å². The Kier molecular flexibility index (Phi) is 4.53. The van der Waals surface area contributed by atoms with Crippen LogP contribution in [0.15, 0.2) is 0 Å². The smallest absolute Gasteiger partial charge is 0.203 e. The van der Waals surface area contributed by atoms with Crippen molar-refractivity contribution in [3.05, 3.63) is 0 Å². The summed E-state index contributed by atoms with van der Waals surface area (Å²) in [4.78, 5) is 0. The second kappa shape index (κ2) is 4.64. The summed E-state index contributed by atoms with van der Waals surface area (Å²) in [5, 5.41) is 0. The lowest BCUT2D eigenvalue weighted by atomic mass is 10.4. The predicted molar refractivity (Wildman–Crippen MR) is 28.4 cm³/mol. The van der Waals surface area contributed by atoms with Crippen LogP contribution >= 0.6 is 0 Å². The zero-order chi connectivity index (χ0) is 7.28. The van der Waals surface area contributed by atoms with Crippen LogP contribution in [0.4, 0.5) is 8.78 Å². The van der Waals surface area contributed by atoms with E-state index < -0.39 is 12.7 Å². The molecule has 2 atom stereocenters. The van der Waals surface area contributed by atoms with Gasteiger partial charge in [0.15, 0.2) is 0 Å². The zero-order valence-electron chi connectivity index (χ0n) is 5.43. The molecule has 0 aliphatic rings. The van der Waals surface area contributed by atoms with Crippen molar-refractivity contribution in [1.29, 1.82) is 0 Å². The lowest BCUT2D eigenvalue weighted by Gasteiger charge is -2.07. The maximum atomic E-state index is 12.0. The highest BCUT2D eigenvalue weighted by atomic mass is 19.2. The Labute approximate surface area is 52.8 Å². The first-order chi connectivity index (χ1) is 4.20. The fraction of sp³-hybridized carbons (Fsp3) is 1.00. The quantitative estimate of drug-likeness (QED) is 0.585. The first kappa shape index (κ1) is 8.78. The highest BCUT2D eigenvalue weighted by molar-refractivity contribution is 4.44. The predicted octanol–water partition coefficient (Wildman–Crippen LogP) is 1.26. The Hall–Kier alpha value is -0.220. The van der Waals surface area contributed by atoms with Gasteiger partial charge in [-0.1, -0.05) is 0 Å². The second-order valence-corrected chi connectivity index (χ2v) is 1.53. The molecule has 56 valence electrons. The number of ether oxygens (including phenoxy) is 2. The van der Waals surface area contributed by atoms with Gasteiger partial charge in [0.1, 0.15) is 0 Å². The van der Waals surface area contributed by atoms with Crippen molar-refractivity contribution in [3.63, 3.8) is 0 Å². The maximum absolute atomic E-state index is 12.0. The molecule has 0 aliphatic carbocycles. The molecule has 2 nitrogen and oxygen atoms in total. The first-order valence-corrected chi connectivity index (χ1v) is 2.54. The summed E-state index contributed by atoms with van der Waals surface area (Å²) < 4.78 is 32.3. The molecule has 0 saturated carbocycles. The van der Waals surface area contributed by atoms with E-state index >= 15 is 0 Å². The second-order valence-electron chi connectivity index (χ2n) is 1.53. The minimum Gasteiger partial charge on any atom is -0.351 e. The Morgan fingerprint density at radius 1 is 1.11 bits per heavy atom. The third-order valence-electron chi connectivity index (χ3n) is 0.882. The fourth-order valence-electron chi connectivity index (χ4n) is 0.338. The van der Waals surface area contributed by atoms with Crippen molar-refractivity contribution in [2.24, 2.45) is 0 Å². The summed E-state index contributed by atoms with van der Waals surface area (Å²) in [6, 6.07) is 0. The van der Waals surface area contributed by atoms with Gasteiger partial charge in [0.2, 0.25) is 12.7 Å². The Morgan fingerprint density at radius 3 is 1.67 bits per heavy atom. The van der Waals surface area contributed by atoms with Gasteiger partial charge in [-0.25, -0.2) is 8.78 Å². The van der Waals surface area contributed by atoms with Gasteiger partial charge < -0.3 is 9.47 Å². The highest BCUT2D eigenvalue weighted by Crippen LogP contribution is 2.06. The van der Waals surface area contributed by atoms with E-state index in [1.165, 1.54) is 14.2 Å². The van der Waals surface area contributed by atoms with Crippen LogP contribution in [-0.4, -0.2) is 26.9 Å². The molecule has 4 heteroatoms. The van der Waals surface area contributed by atoms with Crippen LogP contribution < -0.4 is 0 Å². The number of alkyl halides is 2. The summed E-state index contributed by atoms with van der Waals surface area (Å²) in [7, 11) is 2.35. The van der Waals surface area contributed by atoms with E-state index in [1.54, 1.807) is 0 Å². The number of hydrogen-bond donors (Lipinski definition) is 0. The molecular formula is C5H10F2O2. The summed E-state index contributed by atoms with van der Waals surface area (Å²) in [5.74, 6) is 0. The third-order valence-corrected chi connectivity index (χ3v) is 0.882. The molecule has 0 fully saturated rings. The zero-order valence-corrected chi connectivity index (χ0v) is 5.43. The van der Waals surface area contributed by atoms with Crippen molar-refractivity contribution in [3.8, 4) is 0 Å². The van der Waals surface area contributed by atoms with E-state index in [2.05, 4.69) is 9.47 Å². The minimum absolute atomic E-state index is 0.368. The monoisotopic (exact) mass is 140 g/mol. The van der Waals surface area contributed by atoms with E-state index in [0.717, 1.165) is 0 Å². The van der Waals surface area contributed by atoms with Crippen molar-refractivity contribution in [2.45, 2.75) is 19.1 Å². The number of rotatable bonds is 4. The van der Waals surface area contributed by atoms with Crippen LogP contribution in [0.3, 0.4) is 0 Å². The van der Waals surface area contributed by atoms with Crippen molar-refractivity contribution < 1.29 is 18.3 Å². The third kappa shape index (κ3) is 4.29. The van der Waals surface area contributed by atoms with E-state index in [-0.39, 0.29) is 6.42 Å². The van der Waals surface area contributed by atoms with Gasteiger partial charge in [-0.3, -0.25) is 0 Å². The van der Waals surface area contributed by atoms with Gasteiger partial charge in [-0.05, 0) is 0 Å². The molecule has 0 N–H and O–H groups in total. The van der Waals surface area contributed by atoms with Gasteiger partial charge in [-0.2, -0.15) is 0 Å². The molecule has 0 rings (SSSR count). The van der Waals surface area contributed by atoms with Gasteiger partial charge in [0.05, 0.1) is 6.42 Å². The number of hydrogen-bond acceptors (Lipinski definition) is 2. The van der Waals surface area contributed by atoms with Crippen LogP contribution in [0.1, 0.15) is 6.42 Å². The molecule has 0 aromatic rings. The molecule has 0 aromatic heterocycles. The minimum atomic E-state index is -1.57. The first-order valence-electron chi connectivity index (χ1n) is 2.54. The Morgan fingerprint density at radius 2 is 1.44 bits per heavy atom. The van der Waals surface area contributed by atoms with Gasteiger partial charge in [0, 0.05) is 14.2 Å². The Balaban J connectivity index is 3.22. The van der Waals surface area contributed by atoms with Crippen molar-refractivity contribution in [1.82, 2.24) is 0 Å². The molecule has 9 heavy (non-hydrogen) atoms. The number of methoxy groups -OCH3 is 2. The summed E-state index contributed by atoms with van der Waals surface area (Å²) >= 11 is 0.